The largest absolute Gasteiger partial charge is 0.306 e. The van der Waals surface area contributed by atoms with E-state index in [1.165, 1.54) is 0 Å². The van der Waals surface area contributed by atoms with Gasteiger partial charge in [0, 0.05) is 17.7 Å². The highest BCUT2D eigenvalue weighted by Crippen LogP contribution is 2.44. The van der Waals surface area contributed by atoms with Crippen LogP contribution in [-0.2, 0) is 23.2 Å². The van der Waals surface area contributed by atoms with Crippen LogP contribution in [0.25, 0.3) is 0 Å². The molecule has 4 rings (SSSR count). The fourth-order valence-electron chi connectivity index (χ4n) is 3.71. The number of para-hydroxylation sites is 1. The maximum absolute atomic E-state index is 13.5. The van der Waals surface area contributed by atoms with Crippen molar-refractivity contribution in [2.45, 2.75) is 18.4 Å². The first-order valence-electron chi connectivity index (χ1n) is 8.72. The minimum Gasteiger partial charge on any atom is -0.306 e. The molecule has 0 saturated carbocycles. The molecule has 0 N–H and O–H groups in total. The van der Waals surface area contributed by atoms with Crippen molar-refractivity contribution in [1.29, 1.82) is 0 Å². The summed E-state index contributed by atoms with van der Waals surface area (Å²) in [6.45, 7) is 0.523. The smallest absolute Gasteiger partial charge is 0.250 e. The van der Waals surface area contributed by atoms with Crippen LogP contribution in [0.1, 0.15) is 16.7 Å². The van der Waals surface area contributed by atoms with E-state index >= 15 is 0 Å². The number of terminal acetylenes is 1. The van der Waals surface area contributed by atoms with Crippen LogP contribution in [0.3, 0.4) is 0 Å². The van der Waals surface area contributed by atoms with Gasteiger partial charge in [-0.2, -0.15) is 0 Å². The molecule has 1 heterocycles. The molecule has 0 radical (unpaired) electrons. The number of amides is 1. The SMILES string of the molecule is C#CC1(Cc2ccccc2)C(=O)N(Cc2ccccc2)c2ccccc21. The van der Waals surface area contributed by atoms with E-state index in [9.17, 15) is 4.79 Å². The summed E-state index contributed by atoms with van der Waals surface area (Å²) in [4.78, 5) is 15.3. The van der Waals surface area contributed by atoms with Gasteiger partial charge >= 0.3 is 0 Å². The lowest BCUT2D eigenvalue weighted by molar-refractivity contribution is -0.121. The molecule has 1 unspecified atom stereocenters. The van der Waals surface area contributed by atoms with Gasteiger partial charge < -0.3 is 4.90 Å². The minimum absolute atomic E-state index is 0.0195. The zero-order valence-electron chi connectivity index (χ0n) is 14.4. The van der Waals surface area contributed by atoms with Crippen molar-refractivity contribution in [2.24, 2.45) is 0 Å². The maximum Gasteiger partial charge on any atom is 0.250 e. The number of hydrogen-bond donors (Lipinski definition) is 0. The number of benzene rings is 3. The summed E-state index contributed by atoms with van der Waals surface area (Å²) in [5, 5.41) is 0. The summed E-state index contributed by atoms with van der Waals surface area (Å²) >= 11 is 0. The third kappa shape index (κ3) is 2.59. The molecule has 2 nitrogen and oxygen atoms in total. The number of fused-ring (bicyclic) bond motifs is 1. The van der Waals surface area contributed by atoms with Crippen LogP contribution in [-0.4, -0.2) is 5.91 Å². The second-order valence-corrected chi connectivity index (χ2v) is 6.61. The highest BCUT2D eigenvalue weighted by Gasteiger charge is 2.49. The monoisotopic (exact) mass is 337 g/mol. The lowest BCUT2D eigenvalue weighted by Crippen LogP contribution is -2.40. The Kier molecular flexibility index (Phi) is 4.07. The Morgan fingerprint density at radius 2 is 1.38 bits per heavy atom. The van der Waals surface area contributed by atoms with Crippen molar-refractivity contribution in [3.63, 3.8) is 0 Å². The van der Waals surface area contributed by atoms with E-state index in [4.69, 9.17) is 6.42 Å². The van der Waals surface area contributed by atoms with Gasteiger partial charge in [0.1, 0.15) is 5.41 Å². The molecule has 0 spiro atoms. The Morgan fingerprint density at radius 1 is 0.808 bits per heavy atom. The van der Waals surface area contributed by atoms with E-state index in [0.717, 1.165) is 22.4 Å². The summed E-state index contributed by atoms with van der Waals surface area (Å²) < 4.78 is 0. The molecule has 0 saturated heterocycles. The number of anilines is 1. The average molecular weight is 337 g/mol. The maximum atomic E-state index is 13.5. The lowest BCUT2D eigenvalue weighted by Gasteiger charge is -2.24. The fourth-order valence-corrected chi connectivity index (χ4v) is 3.71. The molecule has 3 aromatic carbocycles. The van der Waals surface area contributed by atoms with Gasteiger partial charge in [-0.15, -0.1) is 6.42 Å². The van der Waals surface area contributed by atoms with Gasteiger partial charge in [-0.1, -0.05) is 84.8 Å². The van der Waals surface area contributed by atoms with E-state index in [2.05, 4.69) is 5.92 Å². The molecule has 0 fully saturated rings. The van der Waals surface area contributed by atoms with Gasteiger partial charge in [-0.3, -0.25) is 4.79 Å². The van der Waals surface area contributed by atoms with Crippen LogP contribution >= 0.6 is 0 Å². The van der Waals surface area contributed by atoms with Gasteiger partial charge in [-0.25, -0.2) is 0 Å². The summed E-state index contributed by atoms with van der Waals surface area (Å²) in [5.41, 5.74) is 3.04. The molecule has 1 atom stereocenters. The predicted molar refractivity (Wildman–Crippen MR) is 105 cm³/mol. The van der Waals surface area contributed by atoms with E-state index in [1.807, 2.05) is 89.8 Å². The Morgan fingerprint density at radius 3 is 2.04 bits per heavy atom. The summed E-state index contributed by atoms with van der Waals surface area (Å²) in [7, 11) is 0. The third-order valence-electron chi connectivity index (χ3n) is 5.01. The Hall–Kier alpha value is -3.31. The molecule has 0 aromatic heterocycles. The Balaban J connectivity index is 1.78. The second-order valence-electron chi connectivity index (χ2n) is 6.61. The van der Waals surface area contributed by atoms with E-state index < -0.39 is 5.41 Å². The van der Waals surface area contributed by atoms with Crippen molar-refractivity contribution in [3.05, 3.63) is 102 Å². The lowest BCUT2D eigenvalue weighted by atomic mass is 9.77. The van der Waals surface area contributed by atoms with Gasteiger partial charge in [-0.05, 0) is 17.2 Å². The number of nitrogens with zero attached hydrogens (tertiary/aromatic N) is 1. The first-order chi connectivity index (χ1) is 12.7. The number of rotatable bonds is 4. The van der Waals surface area contributed by atoms with Gasteiger partial charge in [0.15, 0.2) is 0 Å². The van der Waals surface area contributed by atoms with Crippen molar-refractivity contribution in [3.8, 4) is 12.3 Å². The number of carbonyl (C=O) groups excluding carboxylic acids is 1. The molecule has 2 heteroatoms. The van der Waals surface area contributed by atoms with Gasteiger partial charge in [0.25, 0.3) is 5.91 Å². The van der Waals surface area contributed by atoms with Gasteiger partial charge in [0.05, 0.1) is 6.54 Å². The van der Waals surface area contributed by atoms with Crippen LogP contribution in [0.5, 0.6) is 0 Å². The van der Waals surface area contributed by atoms with Crippen molar-refractivity contribution in [1.82, 2.24) is 0 Å². The molecular weight excluding hydrogens is 318 g/mol. The van der Waals surface area contributed by atoms with Crippen LogP contribution in [0.15, 0.2) is 84.9 Å². The molecule has 0 bridgehead atoms. The van der Waals surface area contributed by atoms with Crippen molar-refractivity contribution < 1.29 is 4.79 Å². The van der Waals surface area contributed by atoms with E-state index in [-0.39, 0.29) is 5.91 Å². The Bertz CT molecular complexity index is 972. The molecule has 0 aliphatic carbocycles. The first-order valence-corrected chi connectivity index (χ1v) is 8.72. The fraction of sp³-hybridized carbons (Fsp3) is 0.125. The zero-order valence-corrected chi connectivity index (χ0v) is 14.4. The summed E-state index contributed by atoms with van der Waals surface area (Å²) in [6, 6.07) is 27.9. The molecule has 1 amide bonds. The molecule has 1 aliphatic heterocycles. The van der Waals surface area contributed by atoms with Crippen LogP contribution in [0.4, 0.5) is 5.69 Å². The standard InChI is InChI=1S/C24H19NO/c1-2-24(17-19-11-5-3-6-12-19)21-15-9-10-16-22(21)25(23(24)26)18-20-13-7-4-8-14-20/h1,3-16H,17-18H2. The molecule has 1 aliphatic rings. The zero-order chi connectivity index (χ0) is 18.0. The normalized spacial score (nSPS) is 18.4. The quantitative estimate of drug-likeness (QED) is 0.648. The molecule has 3 aromatic rings. The van der Waals surface area contributed by atoms with Crippen LogP contribution < -0.4 is 4.90 Å². The third-order valence-corrected chi connectivity index (χ3v) is 5.01. The van der Waals surface area contributed by atoms with Crippen LogP contribution in [0.2, 0.25) is 0 Å². The second kappa shape index (κ2) is 6.54. The highest BCUT2D eigenvalue weighted by molar-refractivity contribution is 6.10. The average Bonchev–Trinajstić information content (AvgIpc) is 2.93. The Labute approximate surface area is 154 Å². The molecular formula is C24H19NO. The van der Waals surface area contributed by atoms with Crippen molar-refractivity contribution in [2.75, 3.05) is 4.90 Å². The molecule has 26 heavy (non-hydrogen) atoms. The summed E-state index contributed by atoms with van der Waals surface area (Å²) in [5.74, 6) is 2.84. The van der Waals surface area contributed by atoms with Crippen LogP contribution in [0, 0.1) is 12.3 Å². The van der Waals surface area contributed by atoms with E-state index in [1.54, 1.807) is 0 Å². The highest BCUT2D eigenvalue weighted by atomic mass is 16.2. The minimum atomic E-state index is -0.952. The molecule has 126 valence electrons. The summed E-state index contributed by atoms with van der Waals surface area (Å²) in [6.07, 6.45) is 6.49. The topological polar surface area (TPSA) is 20.3 Å². The predicted octanol–water partition coefficient (Wildman–Crippen LogP) is 4.35. The van der Waals surface area contributed by atoms with Gasteiger partial charge in [0.2, 0.25) is 0 Å². The van der Waals surface area contributed by atoms with Crippen molar-refractivity contribution >= 4 is 11.6 Å². The first kappa shape index (κ1) is 16.2. The number of carbonyl (C=O) groups is 1. The number of hydrogen-bond acceptors (Lipinski definition) is 1. The van der Waals surface area contributed by atoms with E-state index in [0.29, 0.717) is 13.0 Å².